The molecule has 4 nitrogen and oxygen atoms in total. The van der Waals surface area contributed by atoms with Gasteiger partial charge in [-0.05, 0) is 47.4 Å². The normalized spacial score (nSPS) is 17.4. The van der Waals surface area contributed by atoms with Crippen molar-refractivity contribution in [2.24, 2.45) is 5.92 Å². The van der Waals surface area contributed by atoms with Crippen LogP contribution in [0.4, 0.5) is 4.79 Å². The molecule has 0 radical (unpaired) electrons. The summed E-state index contributed by atoms with van der Waals surface area (Å²) in [6, 6.07) is 8.12. The second-order valence-electron chi connectivity index (χ2n) is 5.84. The lowest BCUT2D eigenvalue weighted by Crippen LogP contribution is -2.41. The highest BCUT2D eigenvalue weighted by Crippen LogP contribution is 2.36. The summed E-state index contributed by atoms with van der Waals surface area (Å²) in [5.41, 5.74) is 0.896. The van der Waals surface area contributed by atoms with Gasteiger partial charge in [-0.3, -0.25) is 0 Å². The van der Waals surface area contributed by atoms with Crippen LogP contribution in [0.1, 0.15) is 38.7 Å². The molecule has 0 heterocycles. The van der Waals surface area contributed by atoms with Crippen LogP contribution < -0.4 is 5.32 Å². The molecule has 2 rings (SSSR count). The molecule has 1 aliphatic carbocycles. The van der Waals surface area contributed by atoms with Crippen molar-refractivity contribution in [2.45, 2.75) is 44.9 Å². The molecule has 0 bridgehead atoms. The van der Waals surface area contributed by atoms with Gasteiger partial charge in [0.25, 0.3) is 0 Å². The van der Waals surface area contributed by atoms with Gasteiger partial charge in [0.1, 0.15) is 0 Å². The lowest BCUT2D eigenvalue weighted by atomic mass is 9.95. The molecule has 0 saturated heterocycles. The second-order valence-corrected chi connectivity index (χ2v) is 7.01. The van der Waals surface area contributed by atoms with Gasteiger partial charge in [0.05, 0.1) is 0 Å². The van der Waals surface area contributed by atoms with E-state index in [-0.39, 0.29) is 6.04 Å². The van der Waals surface area contributed by atoms with Crippen LogP contribution >= 0.6 is 22.6 Å². The molecule has 1 N–H and O–H groups in total. The SMILES string of the molecule is CO[C@@](CC(C)C)(OC(=O)NC1CC1)c1ccccc1I. The molecular weight excluding hydrogens is 381 g/mol. The van der Waals surface area contributed by atoms with E-state index < -0.39 is 11.9 Å². The van der Waals surface area contributed by atoms with Crippen molar-refractivity contribution in [3.05, 3.63) is 33.4 Å². The fraction of sp³-hybridized carbons (Fsp3) is 0.562. The Balaban J connectivity index is 2.27. The number of ether oxygens (including phenoxy) is 2. The van der Waals surface area contributed by atoms with Crippen molar-refractivity contribution in [2.75, 3.05) is 7.11 Å². The van der Waals surface area contributed by atoms with E-state index in [0.29, 0.717) is 12.3 Å². The van der Waals surface area contributed by atoms with Crippen molar-refractivity contribution in [3.63, 3.8) is 0 Å². The van der Waals surface area contributed by atoms with Crippen LogP contribution in [0.5, 0.6) is 0 Å². The first-order chi connectivity index (χ1) is 9.97. The number of carbonyl (C=O) groups excluding carboxylic acids is 1. The van der Waals surface area contributed by atoms with Gasteiger partial charge in [-0.15, -0.1) is 0 Å². The topological polar surface area (TPSA) is 47.6 Å². The number of nitrogens with one attached hydrogen (secondary N) is 1. The molecule has 116 valence electrons. The number of hydrogen-bond donors (Lipinski definition) is 1. The van der Waals surface area contributed by atoms with Crippen molar-refractivity contribution in [1.82, 2.24) is 5.32 Å². The van der Waals surface area contributed by atoms with Gasteiger partial charge in [-0.25, -0.2) is 4.79 Å². The van der Waals surface area contributed by atoms with Gasteiger partial charge in [0.2, 0.25) is 5.79 Å². The Hall–Kier alpha value is -0.820. The maximum absolute atomic E-state index is 12.1. The number of alkyl carbamates (subject to hydrolysis) is 1. The zero-order valence-corrected chi connectivity index (χ0v) is 14.8. The molecule has 21 heavy (non-hydrogen) atoms. The van der Waals surface area contributed by atoms with Crippen molar-refractivity contribution >= 4 is 28.7 Å². The summed E-state index contributed by atoms with van der Waals surface area (Å²) in [4.78, 5) is 12.1. The fourth-order valence-electron chi connectivity index (χ4n) is 2.32. The van der Waals surface area contributed by atoms with E-state index in [9.17, 15) is 4.79 Å². The molecule has 1 aromatic carbocycles. The lowest BCUT2D eigenvalue weighted by molar-refractivity contribution is -0.204. The molecule has 1 fully saturated rings. The Morgan fingerprint density at radius 2 is 2.10 bits per heavy atom. The third-order valence-electron chi connectivity index (χ3n) is 3.45. The Kier molecular flexibility index (Phi) is 5.48. The first-order valence-corrected chi connectivity index (χ1v) is 8.34. The molecule has 5 heteroatoms. The quantitative estimate of drug-likeness (QED) is 0.577. The van der Waals surface area contributed by atoms with Crippen molar-refractivity contribution in [1.29, 1.82) is 0 Å². The largest absolute Gasteiger partial charge is 0.412 e. The molecule has 0 unspecified atom stereocenters. The van der Waals surface area contributed by atoms with Gasteiger partial charge in [-0.1, -0.05) is 32.0 Å². The number of carbonyl (C=O) groups is 1. The number of hydrogen-bond acceptors (Lipinski definition) is 3. The molecule has 0 spiro atoms. The fourth-order valence-corrected chi connectivity index (χ4v) is 3.12. The maximum atomic E-state index is 12.1. The molecule has 1 amide bonds. The Bertz CT molecular complexity index is 502. The maximum Gasteiger partial charge on any atom is 0.410 e. The number of methoxy groups -OCH3 is 1. The van der Waals surface area contributed by atoms with Crippen LogP contribution in [0.25, 0.3) is 0 Å². The lowest BCUT2D eigenvalue weighted by Gasteiger charge is -2.34. The third-order valence-corrected chi connectivity index (χ3v) is 4.39. The second kappa shape index (κ2) is 6.96. The smallest absolute Gasteiger partial charge is 0.410 e. The minimum Gasteiger partial charge on any atom is -0.412 e. The van der Waals surface area contributed by atoms with Crippen LogP contribution in [0.15, 0.2) is 24.3 Å². The predicted octanol–water partition coefficient (Wildman–Crippen LogP) is 4.03. The third kappa shape index (κ3) is 4.32. The number of halogens is 1. The molecule has 1 aromatic rings. The van der Waals surface area contributed by atoms with E-state index in [1.807, 2.05) is 24.3 Å². The number of amides is 1. The Morgan fingerprint density at radius 1 is 1.43 bits per heavy atom. The van der Waals surface area contributed by atoms with Crippen LogP contribution in [0, 0.1) is 9.49 Å². The summed E-state index contributed by atoms with van der Waals surface area (Å²) in [6.07, 6.45) is 2.27. The monoisotopic (exact) mass is 403 g/mol. The summed E-state index contributed by atoms with van der Waals surface area (Å²) in [7, 11) is 1.59. The molecule has 1 atom stereocenters. The van der Waals surface area contributed by atoms with Gasteiger partial charge in [0.15, 0.2) is 0 Å². The van der Waals surface area contributed by atoms with Crippen LogP contribution in [0.3, 0.4) is 0 Å². The Morgan fingerprint density at radius 3 is 2.62 bits per heavy atom. The molecule has 1 saturated carbocycles. The van der Waals surface area contributed by atoms with Crippen molar-refractivity contribution < 1.29 is 14.3 Å². The van der Waals surface area contributed by atoms with E-state index in [2.05, 4.69) is 41.8 Å². The standard InChI is InChI=1S/C16H22INO3/c1-11(2)10-16(20-3,13-6-4-5-7-14(13)17)21-15(19)18-12-8-9-12/h4-7,11-12H,8-10H2,1-3H3,(H,18,19)/t16-/m0/s1. The van der Waals surface area contributed by atoms with Crippen LogP contribution in [-0.4, -0.2) is 19.2 Å². The molecule has 0 aliphatic heterocycles. The zero-order chi connectivity index (χ0) is 15.5. The summed E-state index contributed by atoms with van der Waals surface area (Å²) in [5.74, 6) is -0.708. The minimum absolute atomic E-state index is 0.265. The number of rotatable bonds is 6. The summed E-state index contributed by atoms with van der Waals surface area (Å²) in [6.45, 7) is 4.18. The van der Waals surface area contributed by atoms with Crippen LogP contribution in [0.2, 0.25) is 0 Å². The first-order valence-electron chi connectivity index (χ1n) is 7.26. The van der Waals surface area contributed by atoms with Crippen molar-refractivity contribution in [3.8, 4) is 0 Å². The average Bonchev–Trinajstić information content (AvgIpc) is 3.21. The highest BCUT2D eigenvalue weighted by molar-refractivity contribution is 14.1. The van der Waals surface area contributed by atoms with Gasteiger partial charge < -0.3 is 14.8 Å². The van der Waals surface area contributed by atoms with E-state index >= 15 is 0 Å². The zero-order valence-electron chi connectivity index (χ0n) is 12.7. The highest BCUT2D eigenvalue weighted by atomic mass is 127. The number of benzene rings is 1. The first kappa shape index (κ1) is 16.5. The highest BCUT2D eigenvalue weighted by Gasteiger charge is 2.40. The Labute approximate surface area is 139 Å². The summed E-state index contributed by atoms with van der Waals surface area (Å²) < 4.78 is 12.5. The molecular formula is C16H22INO3. The summed E-state index contributed by atoms with van der Waals surface area (Å²) in [5, 5.41) is 2.86. The minimum atomic E-state index is -1.04. The molecule has 1 aliphatic rings. The summed E-state index contributed by atoms with van der Waals surface area (Å²) >= 11 is 2.25. The van der Waals surface area contributed by atoms with E-state index in [1.54, 1.807) is 7.11 Å². The van der Waals surface area contributed by atoms with Gasteiger partial charge in [0, 0.05) is 28.7 Å². The molecule has 0 aromatic heterocycles. The van der Waals surface area contributed by atoms with E-state index in [0.717, 1.165) is 22.0 Å². The van der Waals surface area contributed by atoms with Gasteiger partial charge >= 0.3 is 6.09 Å². The van der Waals surface area contributed by atoms with Crippen LogP contribution in [-0.2, 0) is 15.3 Å². The average molecular weight is 403 g/mol. The predicted molar refractivity (Wildman–Crippen MR) is 89.9 cm³/mol. The van der Waals surface area contributed by atoms with E-state index in [1.165, 1.54) is 0 Å². The van der Waals surface area contributed by atoms with E-state index in [4.69, 9.17) is 9.47 Å². The van der Waals surface area contributed by atoms with Gasteiger partial charge in [-0.2, -0.15) is 0 Å².